The van der Waals surface area contributed by atoms with Gasteiger partial charge in [0.15, 0.2) is 0 Å². The number of nitrogens with zero attached hydrogens (tertiary/aromatic N) is 3. The Morgan fingerprint density at radius 2 is 2.26 bits per heavy atom. The second-order valence-electron chi connectivity index (χ2n) is 5.59. The maximum atomic E-state index is 4.83. The van der Waals surface area contributed by atoms with E-state index in [1.54, 1.807) is 0 Å². The Hall–Kier alpha value is -1.03. The molecular formula is C15H28N4. The van der Waals surface area contributed by atoms with Crippen LogP contribution >= 0.6 is 0 Å². The van der Waals surface area contributed by atoms with Gasteiger partial charge in [-0.3, -0.25) is 0 Å². The molecule has 0 bridgehead atoms. The molecule has 2 heterocycles. The molecule has 1 N–H and O–H groups in total. The Kier molecular flexibility index (Phi) is 5.25. The van der Waals surface area contributed by atoms with E-state index in [0.29, 0.717) is 0 Å². The summed E-state index contributed by atoms with van der Waals surface area (Å²) in [6, 6.07) is 0. The molecule has 108 valence electrons. The van der Waals surface area contributed by atoms with Crippen molar-refractivity contribution in [2.75, 3.05) is 31.6 Å². The van der Waals surface area contributed by atoms with Crippen LogP contribution in [0.1, 0.15) is 38.8 Å². The summed E-state index contributed by atoms with van der Waals surface area (Å²) in [6.45, 7) is 8.95. The molecule has 0 aliphatic carbocycles. The Labute approximate surface area is 117 Å². The van der Waals surface area contributed by atoms with Crippen molar-refractivity contribution >= 4 is 5.95 Å². The van der Waals surface area contributed by atoms with Gasteiger partial charge in [-0.2, -0.15) is 0 Å². The monoisotopic (exact) mass is 264 g/mol. The van der Waals surface area contributed by atoms with Gasteiger partial charge in [0.2, 0.25) is 5.95 Å². The third kappa shape index (κ3) is 3.50. The van der Waals surface area contributed by atoms with Gasteiger partial charge in [-0.05, 0) is 38.8 Å². The lowest BCUT2D eigenvalue weighted by Crippen LogP contribution is -2.26. The summed E-state index contributed by atoms with van der Waals surface area (Å²) in [7, 11) is 2.04. The maximum Gasteiger partial charge on any atom is 0.205 e. The first-order valence-corrected chi connectivity index (χ1v) is 7.74. The SMILES string of the molecule is CCCCn1cc(CC)nc1N1CCC(CNC)C1. The van der Waals surface area contributed by atoms with Crippen LogP contribution < -0.4 is 10.2 Å². The molecule has 1 unspecified atom stereocenters. The second kappa shape index (κ2) is 6.94. The first-order valence-electron chi connectivity index (χ1n) is 7.74. The van der Waals surface area contributed by atoms with E-state index in [-0.39, 0.29) is 0 Å². The fourth-order valence-electron chi connectivity index (χ4n) is 2.84. The number of aryl methyl sites for hydroxylation is 2. The van der Waals surface area contributed by atoms with Gasteiger partial charge in [0.1, 0.15) is 0 Å². The van der Waals surface area contributed by atoms with E-state index in [2.05, 4.69) is 34.8 Å². The Morgan fingerprint density at radius 3 is 2.95 bits per heavy atom. The first-order chi connectivity index (χ1) is 9.28. The highest BCUT2D eigenvalue weighted by atomic mass is 15.3. The Balaban J connectivity index is 2.07. The smallest absolute Gasteiger partial charge is 0.205 e. The van der Waals surface area contributed by atoms with Gasteiger partial charge in [0.25, 0.3) is 0 Å². The lowest BCUT2D eigenvalue weighted by molar-refractivity contribution is 0.546. The highest BCUT2D eigenvalue weighted by Gasteiger charge is 2.25. The fraction of sp³-hybridized carbons (Fsp3) is 0.800. The summed E-state index contributed by atoms with van der Waals surface area (Å²) in [5.41, 5.74) is 1.23. The van der Waals surface area contributed by atoms with Crippen molar-refractivity contribution in [2.45, 2.75) is 46.1 Å². The molecule has 1 fully saturated rings. The number of hydrogen-bond donors (Lipinski definition) is 1. The van der Waals surface area contributed by atoms with Crippen molar-refractivity contribution in [3.63, 3.8) is 0 Å². The van der Waals surface area contributed by atoms with Crippen LogP contribution in [0.15, 0.2) is 6.20 Å². The molecule has 1 aliphatic rings. The van der Waals surface area contributed by atoms with Crippen LogP contribution in [0.25, 0.3) is 0 Å². The predicted octanol–water partition coefficient (Wildman–Crippen LogP) is 2.29. The number of anilines is 1. The molecule has 0 amide bonds. The molecule has 2 rings (SSSR count). The number of imidazole rings is 1. The quantitative estimate of drug-likeness (QED) is 0.820. The lowest BCUT2D eigenvalue weighted by atomic mass is 10.1. The van der Waals surface area contributed by atoms with Crippen molar-refractivity contribution in [2.24, 2.45) is 5.92 Å². The second-order valence-corrected chi connectivity index (χ2v) is 5.59. The molecule has 1 aromatic heterocycles. The van der Waals surface area contributed by atoms with E-state index in [0.717, 1.165) is 38.5 Å². The highest BCUT2D eigenvalue weighted by Crippen LogP contribution is 2.23. The van der Waals surface area contributed by atoms with Crippen LogP contribution in [0.5, 0.6) is 0 Å². The molecule has 0 spiro atoms. The van der Waals surface area contributed by atoms with Crippen LogP contribution in [0.4, 0.5) is 5.95 Å². The van der Waals surface area contributed by atoms with Crippen molar-refractivity contribution in [3.8, 4) is 0 Å². The molecule has 0 radical (unpaired) electrons. The minimum absolute atomic E-state index is 0.770. The average Bonchev–Trinajstić information content (AvgIpc) is 3.02. The zero-order chi connectivity index (χ0) is 13.7. The molecule has 1 aromatic rings. The first kappa shape index (κ1) is 14.4. The van der Waals surface area contributed by atoms with Crippen LogP contribution in [-0.2, 0) is 13.0 Å². The number of hydrogen-bond acceptors (Lipinski definition) is 3. The maximum absolute atomic E-state index is 4.83. The molecule has 19 heavy (non-hydrogen) atoms. The zero-order valence-corrected chi connectivity index (χ0v) is 12.7. The molecule has 0 aromatic carbocycles. The fourth-order valence-corrected chi connectivity index (χ4v) is 2.84. The van der Waals surface area contributed by atoms with Crippen molar-refractivity contribution in [1.29, 1.82) is 0 Å². The van der Waals surface area contributed by atoms with Crippen molar-refractivity contribution in [1.82, 2.24) is 14.9 Å². The van der Waals surface area contributed by atoms with E-state index >= 15 is 0 Å². The van der Waals surface area contributed by atoms with Crippen molar-refractivity contribution in [3.05, 3.63) is 11.9 Å². The van der Waals surface area contributed by atoms with Gasteiger partial charge in [0.05, 0.1) is 5.69 Å². The Morgan fingerprint density at radius 1 is 1.42 bits per heavy atom. The Bertz CT molecular complexity index is 385. The van der Waals surface area contributed by atoms with Gasteiger partial charge in [0, 0.05) is 25.8 Å². The standard InChI is InChI=1S/C15H28N4/c1-4-6-8-18-12-14(5-2)17-15(18)19-9-7-13(11-19)10-16-3/h12-13,16H,4-11H2,1-3H3. The number of rotatable bonds is 7. The molecule has 1 aliphatic heterocycles. The van der Waals surface area contributed by atoms with E-state index in [1.165, 1.54) is 30.9 Å². The van der Waals surface area contributed by atoms with Gasteiger partial charge >= 0.3 is 0 Å². The number of aromatic nitrogens is 2. The molecular weight excluding hydrogens is 236 g/mol. The third-order valence-corrected chi connectivity index (χ3v) is 3.98. The summed E-state index contributed by atoms with van der Waals surface area (Å²) in [6.07, 6.45) is 7.03. The van der Waals surface area contributed by atoms with E-state index in [4.69, 9.17) is 4.98 Å². The summed E-state index contributed by atoms with van der Waals surface area (Å²) in [5.74, 6) is 1.97. The molecule has 1 saturated heterocycles. The number of nitrogens with one attached hydrogen (secondary N) is 1. The molecule has 4 heteroatoms. The topological polar surface area (TPSA) is 33.1 Å². The van der Waals surface area contributed by atoms with Crippen LogP contribution in [0.2, 0.25) is 0 Å². The van der Waals surface area contributed by atoms with Gasteiger partial charge in [-0.25, -0.2) is 4.98 Å². The third-order valence-electron chi connectivity index (χ3n) is 3.98. The largest absolute Gasteiger partial charge is 0.342 e. The molecule has 4 nitrogen and oxygen atoms in total. The summed E-state index contributed by atoms with van der Waals surface area (Å²) in [5, 5.41) is 3.29. The van der Waals surface area contributed by atoms with E-state index in [9.17, 15) is 0 Å². The van der Waals surface area contributed by atoms with Gasteiger partial charge in [-0.1, -0.05) is 20.3 Å². The van der Waals surface area contributed by atoms with Crippen LogP contribution in [0.3, 0.4) is 0 Å². The highest BCUT2D eigenvalue weighted by molar-refractivity contribution is 5.35. The average molecular weight is 264 g/mol. The van der Waals surface area contributed by atoms with Crippen LogP contribution in [-0.4, -0.2) is 36.2 Å². The lowest BCUT2D eigenvalue weighted by Gasteiger charge is -2.19. The van der Waals surface area contributed by atoms with Crippen molar-refractivity contribution < 1.29 is 0 Å². The normalized spacial score (nSPS) is 19.3. The van der Waals surface area contributed by atoms with Gasteiger partial charge in [-0.15, -0.1) is 0 Å². The minimum atomic E-state index is 0.770. The summed E-state index contributed by atoms with van der Waals surface area (Å²) < 4.78 is 2.37. The van der Waals surface area contributed by atoms with E-state index in [1.807, 2.05) is 7.05 Å². The molecule has 1 atom stereocenters. The van der Waals surface area contributed by atoms with E-state index < -0.39 is 0 Å². The zero-order valence-electron chi connectivity index (χ0n) is 12.7. The number of unbranched alkanes of at least 4 members (excludes halogenated alkanes) is 1. The summed E-state index contributed by atoms with van der Waals surface area (Å²) in [4.78, 5) is 7.30. The van der Waals surface area contributed by atoms with Crippen LogP contribution in [0, 0.1) is 5.92 Å². The minimum Gasteiger partial charge on any atom is -0.342 e. The van der Waals surface area contributed by atoms with Gasteiger partial charge < -0.3 is 14.8 Å². The molecule has 0 saturated carbocycles. The summed E-state index contributed by atoms with van der Waals surface area (Å²) >= 11 is 0. The predicted molar refractivity (Wildman–Crippen MR) is 80.8 cm³/mol.